The predicted molar refractivity (Wildman–Crippen MR) is 111 cm³/mol. The van der Waals surface area contributed by atoms with E-state index in [9.17, 15) is 19.8 Å². The minimum absolute atomic E-state index is 0.0328. The standard InChI is InChI=1S/C24H40O5/c1-5-15(2)22(27)29-17-10-12-23(3)16(14-17)6-7-18-19(23)11-13-24(4,28)20(18)8-9-21(25)26/h15-20,28H,5-14H2,1-4H3,(H,25,26). The zero-order valence-corrected chi connectivity index (χ0v) is 18.7. The van der Waals surface area contributed by atoms with Gasteiger partial charge in [-0.2, -0.15) is 0 Å². The van der Waals surface area contributed by atoms with Crippen molar-refractivity contribution in [3.63, 3.8) is 0 Å². The van der Waals surface area contributed by atoms with Gasteiger partial charge >= 0.3 is 11.9 Å². The van der Waals surface area contributed by atoms with Gasteiger partial charge in [0.2, 0.25) is 0 Å². The van der Waals surface area contributed by atoms with Crippen LogP contribution in [0.4, 0.5) is 0 Å². The van der Waals surface area contributed by atoms with Crippen molar-refractivity contribution in [2.75, 3.05) is 0 Å². The fourth-order valence-electron chi connectivity index (χ4n) is 6.88. The molecule has 0 bridgehead atoms. The number of hydrogen-bond donors (Lipinski definition) is 2. The molecule has 0 aromatic rings. The van der Waals surface area contributed by atoms with Gasteiger partial charge in [0.05, 0.1) is 11.5 Å². The van der Waals surface area contributed by atoms with Gasteiger partial charge in [-0.25, -0.2) is 0 Å². The van der Waals surface area contributed by atoms with Crippen LogP contribution in [0.1, 0.15) is 91.9 Å². The summed E-state index contributed by atoms with van der Waals surface area (Å²) in [4.78, 5) is 23.4. The Bertz CT molecular complexity index is 614. The molecule has 0 aromatic heterocycles. The average Bonchev–Trinajstić information content (AvgIpc) is 2.65. The van der Waals surface area contributed by atoms with Gasteiger partial charge in [0.25, 0.3) is 0 Å². The highest BCUT2D eigenvalue weighted by molar-refractivity contribution is 5.72. The lowest BCUT2D eigenvalue weighted by atomic mass is 9.46. The molecule has 0 spiro atoms. The van der Waals surface area contributed by atoms with E-state index in [0.29, 0.717) is 24.2 Å². The number of carbonyl (C=O) groups is 2. The molecule has 0 aliphatic heterocycles. The molecule has 29 heavy (non-hydrogen) atoms. The van der Waals surface area contributed by atoms with Crippen molar-refractivity contribution in [1.29, 1.82) is 0 Å². The van der Waals surface area contributed by atoms with Crippen LogP contribution < -0.4 is 0 Å². The maximum atomic E-state index is 12.3. The second-order valence-electron chi connectivity index (χ2n) is 10.6. The van der Waals surface area contributed by atoms with Crippen molar-refractivity contribution in [2.24, 2.45) is 35.0 Å². The molecule has 0 aromatic carbocycles. The smallest absolute Gasteiger partial charge is 0.308 e. The van der Waals surface area contributed by atoms with E-state index >= 15 is 0 Å². The third-order valence-electron chi connectivity index (χ3n) is 8.94. The largest absolute Gasteiger partial charge is 0.481 e. The number of ether oxygens (including phenoxy) is 1. The van der Waals surface area contributed by atoms with Crippen molar-refractivity contribution in [2.45, 2.75) is 104 Å². The Labute approximate surface area is 175 Å². The van der Waals surface area contributed by atoms with Crippen molar-refractivity contribution in [3.05, 3.63) is 0 Å². The summed E-state index contributed by atoms with van der Waals surface area (Å²) in [5, 5.41) is 20.2. The summed E-state index contributed by atoms with van der Waals surface area (Å²) >= 11 is 0. The molecule has 3 rings (SSSR count). The monoisotopic (exact) mass is 408 g/mol. The molecule has 0 radical (unpaired) electrons. The van der Waals surface area contributed by atoms with E-state index in [1.165, 1.54) is 0 Å². The Morgan fingerprint density at radius 3 is 2.52 bits per heavy atom. The van der Waals surface area contributed by atoms with Gasteiger partial charge in [0.15, 0.2) is 0 Å². The Morgan fingerprint density at radius 2 is 1.86 bits per heavy atom. The van der Waals surface area contributed by atoms with Gasteiger partial charge in [-0.15, -0.1) is 0 Å². The normalized spacial score (nSPS) is 43.0. The van der Waals surface area contributed by atoms with Crippen LogP contribution in [0.25, 0.3) is 0 Å². The van der Waals surface area contributed by atoms with E-state index in [1.54, 1.807) is 0 Å². The van der Waals surface area contributed by atoms with E-state index in [0.717, 1.165) is 51.4 Å². The number of carboxylic acids is 1. The molecule has 5 nitrogen and oxygen atoms in total. The minimum atomic E-state index is -0.772. The lowest BCUT2D eigenvalue weighted by Gasteiger charge is -2.60. The first-order valence-electron chi connectivity index (χ1n) is 11.7. The fourth-order valence-corrected chi connectivity index (χ4v) is 6.88. The van der Waals surface area contributed by atoms with Crippen molar-refractivity contribution < 1.29 is 24.5 Å². The predicted octanol–water partition coefficient (Wildman–Crippen LogP) is 4.80. The Hall–Kier alpha value is -1.10. The number of carboxylic acid groups (broad SMARTS) is 1. The van der Waals surface area contributed by atoms with Crippen LogP contribution in [-0.2, 0) is 14.3 Å². The molecule has 2 N–H and O–H groups in total. The van der Waals surface area contributed by atoms with Crippen LogP contribution in [0.5, 0.6) is 0 Å². The topological polar surface area (TPSA) is 83.8 Å². The molecule has 0 saturated heterocycles. The number of fused-ring (bicyclic) bond motifs is 3. The highest BCUT2D eigenvalue weighted by atomic mass is 16.5. The highest BCUT2D eigenvalue weighted by Gasteiger charge is 2.56. The highest BCUT2D eigenvalue weighted by Crippen LogP contribution is 2.62. The summed E-state index contributed by atoms with van der Waals surface area (Å²) in [6.07, 6.45) is 8.43. The zero-order chi connectivity index (χ0) is 21.4. The Morgan fingerprint density at radius 1 is 1.14 bits per heavy atom. The van der Waals surface area contributed by atoms with Crippen molar-refractivity contribution in [3.8, 4) is 0 Å². The number of esters is 1. The van der Waals surface area contributed by atoms with Crippen molar-refractivity contribution in [1.82, 2.24) is 0 Å². The third kappa shape index (κ3) is 4.50. The molecule has 166 valence electrons. The molecule has 3 aliphatic carbocycles. The van der Waals surface area contributed by atoms with E-state index < -0.39 is 11.6 Å². The van der Waals surface area contributed by atoms with Gasteiger partial charge in [-0.05, 0) is 93.8 Å². The maximum Gasteiger partial charge on any atom is 0.308 e. The molecule has 3 saturated carbocycles. The van der Waals surface area contributed by atoms with Crippen LogP contribution in [0.3, 0.4) is 0 Å². The lowest BCUT2D eigenvalue weighted by molar-refractivity contribution is -0.174. The van der Waals surface area contributed by atoms with Crippen molar-refractivity contribution >= 4 is 11.9 Å². The molecule has 0 amide bonds. The van der Waals surface area contributed by atoms with Crippen LogP contribution in [0.2, 0.25) is 0 Å². The van der Waals surface area contributed by atoms with E-state index in [2.05, 4.69) is 6.92 Å². The number of hydrogen-bond acceptors (Lipinski definition) is 4. The second-order valence-corrected chi connectivity index (χ2v) is 10.6. The molecule has 8 atom stereocenters. The fraction of sp³-hybridized carbons (Fsp3) is 0.917. The summed E-state index contributed by atoms with van der Waals surface area (Å²) in [7, 11) is 0. The quantitative estimate of drug-likeness (QED) is 0.617. The Balaban J connectivity index is 1.70. The maximum absolute atomic E-state index is 12.3. The Kier molecular flexibility index (Phi) is 6.67. The molecular formula is C24H40O5. The number of aliphatic carboxylic acids is 1. The summed E-state index contributed by atoms with van der Waals surface area (Å²) in [6, 6.07) is 0. The summed E-state index contributed by atoms with van der Waals surface area (Å²) in [5.41, 5.74) is -0.553. The second kappa shape index (κ2) is 8.56. The summed E-state index contributed by atoms with van der Waals surface area (Å²) in [6.45, 7) is 8.28. The zero-order valence-electron chi connectivity index (χ0n) is 18.7. The molecular weight excluding hydrogens is 368 g/mol. The van der Waals surface area contributed by atoms with Gasteiger partial charge in [-0.1, -0.05) is 20.8 Å². The third-order valence-corrected chi connectivity index (χ3v) is 8.94. The first kappa shape index (κ1) is 22.6. The van der Waals surface area contributed by atoms with E-state index in [1.807, 2.05) is 20.8 Å². The summed E-state index contributed by atoms with van der Waals surface area (Å²) in [5.74, 6) is 0.690. The van der Waals surface area contributed by atoms with Gasteiger partial charge < -0.3 is 14.9 Å². The van der Waals surface area contributed by atoms with E-state index in [-0.39, 0.29) is 35.7 Å². The van der Waals surface area contributed by atoms with Gasteiger partial charge in [0, 0.05) is 6.42 Å². The van der Waals surface area contributed by atoms with Crippen LogP contribution >= 0.6 is 0 Å². The molecule has 5 heteroatoms. The first-order valence-corrected chi connectivity index (χ1v) is 11.7. The van der Waals surface area contributed by atoms with Gasteiger partial charge in [-0.3, -0.25) is 9.59 Å². The number of carbonyl (C=O) groups excluding carboxylic acids is 1. The average molecular weight is 409 g/mol. The lowest BCUT2D eigenvalue weighted by Crippen LogP contribution is -2.56. The van der Waals surface area contributed by atoms with E-state index in [4.69, 9.17) is 4.74 Å². The summed E-state index contributed by atoms with van der Waals surface area (Å²) < 4.78 is 5.85. The first-order chi connectivity index (χ1) is 13.6. The molecule has 0 heterocycles. The molecule has 8 unspecified atom stereocenters. The van der Waals surface area contributed by atoms with Gasteiger partial charge in [0.1, 0.15) is 6.10 Å². The molecule has 3 aliphatic rings. The number of aliphatic hydroxyl groups is 1. The molecule has 3 fully saturated rings. The number of rotatable bonds is 6. The SMILES string of the molecule is CCC(C)C(=O)OC1CCC2(C)C(CCC3C(CCC(=O)O)C(C)(O)CCC32)C1. The van der Waals surface area contributed by atoms with Crippen LogP contribution in [-0.4, -0.2) is 33.9 Å². The van der Waals surface area contributed by atoms with Crippen LogP contribution in [0, 0.1) is 35.0 Å². The van der Waals surface area contributed by atoms with Crippen LogP contribution in [0.15, 0.2) is 0 Å². The minimum Gasteiger partial charge on any atom is -0.481 e.